The molecular weight excluding hydrogens is 400 g/mol. The van der Waals surface area contributed by atoms with Crippen molar-refractivity contribution < 1.29 is 14.3 Å². The fourth-order valence-electron chi connectivity index (χ4n) is 3.48. The lowest BCUT2D eigenvalue weighted by Crippen LogP contribution is -2.43. The SMILES string of the molecule is Cc1cccc(C)c1OCC(=O)NNC(=O)c1sc2nc(C3CC3)nc(C)c2c1C. The molecule has 0 radical (unpaired) electrons. The number of rotatable bonds is 5. The fourth-order valence-corrected chi connectivity index (χ4v) is 4.62. The Hall–Kier alpha value is -3.00. The number of ether oxygens (including phenoxy) is 1. The molecule has 156 valence electrons. The highest BCUT2D eigenvalue weighted by molar-refractivity contribution is 7.20. The van der Waals surface area contributed by atoms with E-state index in [2.05, 4.69) is 20.8 Å². The largest absolute Gasteiger partial charge is 0.483 e. The quantitative estimate of drug-likeness (QED) is 0.610. The van der Waals surface area contributed by atoms with Crippen molar-refractivity contribution in [1.82, 2.24) is 20.8 Å². The number of carbonyl (C=O) groups excluding carboxylic acids is 2. The summed E-state index contributed by atoms with van der Waals surface area (Å²) in [5.41, 5.74) is 8.53. The highest BCUT2D eigenvalue weighted by atomic mass is 32.1. The van der Waals surface area contributed by atoms with Crippen LogP contribution < -0.4 is 15.6 Å². The van der Waals surface area contributed by atoms with E-state index in [9.17, 15) is 9.59 Å². The molecule has 0 bridgehead atoms. The van der Waals surface area contributed by atoms with Gasteiger partial charge in [0.05, 0.1) is 10.6 Å². The van der Waals surface area contributed by atoms with E-state index in [0.717, 1.165) is 51.3 Å². The second-order valence-electron chi connectivity index (χ2n) is 7.69. The number of carbonyl (C=O) groups is 2. The molecule has 1 fully saturated rings. The Morgan fingerprint density at radius 1 is 1.10 bits per heavy atom. The third kappa shape index (κ3) is 4.00. The number of hydrogen-bond donors (Lipinski definition) is 2. The van der Waals surface area contributed by atoms with Gasteiger partial charge in [-0.1, -0.05) is 18.2 Å². The lowest BCUT2D eigenvalue weighted by atomic mass is 10.1. The van der Waals surface area contributed by atoms with Crippen LogP contribution in [0.25, 0.3) is 10.2 Å². The normalized spacial score (nSPS) is 13.3. The summed E-state index contributed by atoms with van der Waals surface area (Å²) in [5.74, 6) is 1.19. The van der Waals surface area contributed by atoms with Crippen molar-refractivity contribution in [2.45, 2.75) is 46.5 Å². The standard InChI is InChI=1S/C22H24N4O3S/c1-11-6-5-7-12(2)18(11)29-10-16(27)25-26-21(28)19-13(3)17-14(4)23-20(15-8-9-15)24-22(17)30-19/h5-7,15H,8-10H2,1-4H3,(H,25,27)(H,26,28). The van der Waals surface area contributed by atoms with Gasteiger partial charge in [-0.05, 0) is 57.2 Å². The van der Waals surface area contributed by atoms with Gasteiger partial charge in [-0.3, -0.25) is 20.4 Å². The van der Waals surface area contributed by atoms with Gasteiger partial charge in [0.2, 0.25) is 0 Å². The monoisotopic (exact) mass is 424 g/mol. The van der Waals surface area contributed by atoms with E-state index >= 15 is 0 Å². The lowest BCUT2D eigenvalue weighted by molar-refractivity contribution is -0.123. The Labute approximate surface area is 178 Å². The topological polar surface area (TPSA) is 93.2 Å². The Kier molecular flexibility index (Phi) is 5.42. The van der Waals surface area contributed by atoms with Gasteiger partial charge in [0.15, 0.2) is 6.61 Å². The molecule has 0 unspecified atom stereocenters. The summed E-state index contributed by atoms with van der Waals surface area (Å²) in [7, 11) is 0. The summed E-state index contributed by atoms with van der Waals surface area (Å²) in [5, 5.41) is 0.916. The average molecular weight is 425 g/mol. The highest BCUT2D eigenvalue weighted by Crippen LogP contribution is 2.40. The van der Waals surface area contributed by atoms with Gasteiger partial charge in [-0.15, -0.1) is 11.3 Å². The molecule has 1 aromatic carbocycles. The van der Waals surface area contributed by atoms with E-state index in [4.69, 9.17) is 4.74 Å². The maximum atomic E-state index is 12.7. The van der Waals surface area contributed by atoms with E-state index in [1.54, 1.807) is 0 Å². The van der Waals surface area contributed by atoms with E-state index in [1.807, 2.05) is 45.9 Å². The number of aryl methyl sites for hydroxylation is 4. The van der Waals surface area contributed by atoms with Crippen molar-refractivity contribution in [3.05, 3.63) is 51.3 Å². The molecule has 1 aliphatic rings. The van der Waals surface area contributed by atoms with Crippen molar-refractivity contribution in [2.24, 2.45) is 0 Å². The molecule has 30 heavy (non-hydrogen) atoms. The Morgan fingerprint density at radius 2 is 1.80 bits per heavy atom. The number of fused-ring (bicyclic) bond motifs is 1. The maximum absolute atomic E-state index is 12.7. The summed E-state index contributed by atoms with van der Waals surface area (Å²) in [6.45, 7) is 7.49. The van der Waals surface area contributed by atoms with Crippen LogP contribution in [0.3, 0.4) is 0 Å². The van der Waals surface area contributed by atoms with Crippen LogP contribution in [0.15, 0.2) is 18.2 Å². The number of aromatic nitrogens is 2. The summed E-state index contributed by atoms with van der Waals surface area (Å²) in [6.07, 6.45) is 2.25. The number of benzene rings is 1. The van der Waals surface area contributed by atoms with Gasteiger partial charge in [-0.25, -0.2) is 9.97 Å². The van der Waals surface area contributed by atoms with E-state index in [1.165, 1.54) is 11.3 Å². The van der Waals surface area contributed by atoms with Crippen LogP contribution in [-0.2, 0) is 4.79 Å². The number of hydrogen-bond acceptors (Lipinski definition) is 6. The van der Waals surface area contributed by atoms with Crippen LogP contribution >= 0.6 is 11.3 Å². The zero-order chi connectivity index (χ0) is 21.4. The number of para-hydroxylation sites is 1. The van der Waals surface area contributed by atoms with Crippen molar-refractivity contribution >= 4 is 33.4 Å². The molecule has 2 aromatic heterocycles. The predicted molar refractivity (Wildman–Crippen MR) is 116 cm³/mol. The first-order valence-corrected chi connectivity index (χ1v) is 10.7. The van der Waals surface area contributed by atoms with Crippen LogP contribution in [0.2, 0.25) is 0 Å². The molecule has 0 saturated heterocycles. The maximum Gasteiger partial charge on any atom is 0.280 e. The second kappa shape index (κ2) is 8.02. The fraction of sp³-hybridized carbons (Fsp3) is 0.364. The minimum Gasteiger partial charge on any atom is -0.483 e. The van der Waals surface area contributed by atoms with Gasteiger partial charge < -0.3 is 4.74 Å². The Balaban J connectivity index is 1.41. The number of amides is 2. The summed E-state index contributed by atoms with van der Waals surface area (Å²) in [6, 6.07) is 5.78. The first-order valence-electron chi connectivity index (χ1n) is 9.91. The smallest absolute Gasteiger partial charge is 0.280 e. The van der Waals surface area contributed by atoms with Crippen LogP contribution in [0.4, 0.5) is 0 Å². The molecule has 8 heteroatoms. The molecular formula is C22H24N4O3S. The molecule has 1 saturated carbocycles. The van der Waals surface area contributed by atoms with Gasteiger partial charge in [0.1, 0.15) is 16.4 Å². The van der Waals surface area contributed by atoms with E-state index < -0.39 is 5.91 Å². The van der Waals surface area contributed by atoms with Crippen LogP contribution in [0, 0.1) is 27.7 Å². The second-order valence-corrected chi connectivity index (χ2v) is 8.69. The number of thiophene rings is 1. The molecule has 0 spiro atoms. The van der Waals surface area contributed by atoms with E-state index in [0.29, 0.717) is 16.5 Å². The minimum atomic E-state index is -0.434. The van der Waals surface area contributed by atoms with Crippen LogP contribution in [0.1, 0.15) is 56.6 Å². The minimum absolute atomic E-state index is 0.188. The van der Waals surface area contributed by atoms with Crippen LogP contribution in [0.5, 0.6) is 5.75 Å². The van der Waals surface area contributed by atoms with Gasteiger partial charge >= 0.3 is 0 Å². The lowest BCUT2D eigenvalue weighted by Gasteiger charge is -2.12. The molecule has 3 aromatic rings. The number of nitrogens with one attached hydrogen (secondary N) is 2. The van der Waals surface area contributed by atoms with Gasteiger partial charge in [0.25, 0.3) is 11.8 Å². The van der Waals surface area contributed by atoms with Gasteiger partial charge in [-0.2, -0.15) is 0 Å². The van der Waals surface area contributed by atoms with Gasteiger partial charge in [0, 0.05) is 11.3 Å². The molecule has 0 aliphatic heterocycles. The molecule has 0 atom stereocenters. The first kappa shape index (κ1) is 20.3. The van der Waals surface area contributed by atoms with E-state index in [-0.39, 0.29) is 12.5 Å². The molecule has 7 nitrogen and oxygen atoms in total. The summed E-state index contributed by atoms with van der Waals surface area (Å²) in [4.78, 5) is 35.4. The third-order valence-corrected chi connectivity index (χ3v) is 6.39. The molecule has 2 heterocycles. The molecule has 2 N–H and O–H groups in total. The summed E-state index contributed by atoms with van der Waals surface area (Å²) < 4.78 is 5.62. The van der Waals surface area contributed by atoms with Crippen molar-refractivity contribution in [3.8, 4) is 5.75 Å². The molecule has 1 aliphatic carbocycles. The first-order chi connectivity index (χ1) is 14.3. The summed E-state index contributed by atoms with van der Waals surface area (Å²) >= 11 is 1.33. The zero-order valence-electron chi connectivity index (χ0n) is 17.5. The molecule has 4 rings (SSSR count). The third-order valence-electron chi connectivity index (χ3n) is 5.21. The Morgan fingerprint density at radius 3 is 2.47 bits per heavy atom. The van der Waals surface area contributed by atoms with Crippen molar-refractivity contribution in [1.29, 1.82) is 0 Å². The number of nitrogens with zero attached hydrogens (tertiary/aromatic N) is 2. The van der Waals surface area contributed by atoms with Crippen molar-refractivity contribution in [2.75, 3.05) is 6.61 Å². The Bertz CT molecular complexity index is 1130. The average Bonchev–Trinajstić information content (AvgIpc) is 3.49. The number of hydrazine groups is 1. The highest BCUT2D eigenvalue weighted by Gasteiger charge is 2.28. The predicted octanol–water partition coefficient (Wildman–Crippen LogP) is 3.64. The van der Waals surface area contributed by atoms with Crippen LogP contribution in [-0.4, -0.2) is 28.4 Å². The zero-order valence-corrected chi connectivity index (χ0v) is 18.3. The van der Waals surface area contributed by atoms with Crippen molar-refractivity contribution in [3.63, 3.8) is 0 Å². The molecule has 2 amide bonds.